The number of nitrogens with zero attached hydrogens (tertiary/aromatic N) is 4. The number of aromatic nitrogens is 3. The van der Waals surface area contributed by atoms with Crippen molar-refractivity contribution in [3.05, 3.63) is 210 Å². The number of fused-ring (bicyclic) bond motifs is 3. The predicted molar refractivity (Wildman–Crippen MR) is 204 cm³/mol. The molecule has 1 aliphatic rings. The first-order valence-corrected chi connectivity index (χ1v) is 17.0. The number of hydrogen-bond acceptors (Lipinski definition) is 4. The third-order valence-electron chi connectivity index (χ3n) is 9.86. The summed E-state index contributed by atoms with van der Waals surface area (Å²) < 4.78 is 0. The Balaban J connectivity index is 1.31. The molecule has 4 nitrogen and oxygen atoms in total. The summed E-state index contributed by atoms with van der Waals surface area (Å²) in [6, 6.07) is 65.2. The van der Waals surface area contributed by atoms with E-state index in [0.717, 1.165) is 27.8 Å². The Labute approximate surface area is 297 Å². The van der Waals surface area contributed by atoms with E-state index in [1.807, 2.05) is 84.9 Å². The fourth-order valence-electron chi connectivity index (χ4n) is 7.48. The van der Waals surface area contributed by atoms with Gasteiger partial charge in [-0.15, -0.1) is 0 Å². The summed E-state index contributed by atoms with van der Waals surface area (Å²) in [6.45, 7) is 0. The van der Waals surface area contributed by atoms with Gasteiger partial charge in [0.05, 0.1) is 17.0 Å². The Bertz CT molecular complexity index is 2460. The first kappa shape index (κ1) is 30.1. The second-order valence-corrected chi connectivity index (χ2v) is 12.7. The van der Waals surface area contributed by atoms with Crippen molar-refractivity contribution in [1.29, 1.82) is 5.26 Å². The second-order valence-electron chi connectivity index (χ2n) is 12.7. The molecule has 0 unspecified atom stereocenters. The Morgan fingerprint density at radius 2 is 0.765 bits per heavy atom. The predicted octanol–water partition coefficient (Wildman–Crippen LogP) is 10.8. The van der Waals surface area contributed by atoms with Crippen LogP contribution in [0.5, 0.6) is 0 Å². The summed E-state index contributed by atoms with van der Waals surface area (Å²) in [5.74, 6) is 1.88. The third kappa shape index (κ3) is 5.12. The smallest absolute Gasteiger partial charge is 0.164 e. The quantitative estimate of drug-likeness (QED) is 0.180. The van der Waals surface area contributed by atoms with Crippen molar-refractivity contribution in [1.82, 2.24) is 15.0 Å². The van der Waals surface area contributed by atoms with E-state index in [2.05, 4.69) is 103 Å². The second kappa shape index (κ2) is 12.5. The molecule has 51 heavy (non-hydrogen) atoms. The number of benzene rings is 7. The Kier molecular flexibility index (Phi) is 7.38. The van der Waals surface area contributed by atoms with Crippen LogP contribution >= 0.6 is 0 Å². The summed E-state index contributed by atoms with van der Waals surface area (Å²) in [5.41, 5.74) is 12.1. The first-order valence-electron chi connectivity index (χ1n) is 17.0. The molecule has 238 valence electrons. The molecule has 4 heteroatoms. The normalized spacial score (nSPS) is 12.5. The van der Waals surface area contributed by atoms with Crippen molar-refractivity contribution in [3.8, 4) is 62.5 Å². The van der Waals surface area contributed by atoms with Gasteiger partial charge in [0.1, 0.15) is 0 Å². The molecule has 1 aliphatic carbocycles. The van der Waals surface area contributed by atoms with Gasteiger partial charge in [-0.05, 0) is 68.8 Å². The molecule has 1 heterocycles. The van der Waals surface area contributed by atoms with Crippen molar-refractivity contribution in [2.24, 2.45) is 0 Å². The maximum Gasteiger partial charge on any atom is 0.164 e. The van der Waals surface area contributed by atoms with E-state index < -0.39 is 5.41 Å². The molecule has 0 saturated carbocycles. The summed E-state index contributed by atoms with van der Waals surface area (Å²) in [4.78, 5) is 15.1. The van der Waals surface area contributed by atoms with E-state index in [-0.39, 0.29) is 0 Å². The van der Waals surface area contributed by atoms with E-state index in [0.29, 0.717) is 23.0 Å². The SMILES string of the molecule is N#Cc1ccc(-c2ccc3c(c2)C(c2ccccc2)(c2ccccc2)c2cc(-c4nc(-c5ccccc5)nc(-c5ccccc5)n4)ccc2-3)cc1. The van der Waals surface area contributed by atoms with Crippen LogP contribution in [0.1, 0.15) is 27.8 Å². The van der Waals surface area contributed by atoms with Crippen LogP contribution in [-0.4, -0.2) is 15.0 Å². The van der Waals surface area contributed by atoms with Gasteiger partial charge in [-0.2, -0.15) is 5.26 Å². The van der Waals surface area contributed by atoms with Crippen LogP contribution in [0.3, 0.4) is 0 Å². The Morgan fingerprint density at radius 1 is 0.373 bits per heavy atom. The fraction of sp³-hybridized carbons (Fsp3) is 0.0213. The molecule has 0 atom stereocenters. The zero-order valence-corrected chi connectivity index (χ0v) is 27.6. The lowest BCUT2D eigenvalue weighted by atomic mass is 9.67. The average molecular weight is 651 g/mol. The monoisotopic (exact) mass is 650 g/mol. The summed E-state index contributed by atoms with van der Waals surface area (Å²) in [5, 5.41) is 9.44. The summed E-state index contributed by atoms with van der Waals surface area (Å²) in [6.07, 6.45) is 0. The minimum absolute atomic E-state index is 0.620. The fourth-order valence-corrected chi connectivity index (χ4v) is 7.48. The van der Waals surface area contributed by atoms with Crippen LogP contribution in [0.4, 0.5) is 0 Å². The topological polar surface area (TPSA) is 62.5 Å². The van der Waals surface area contributed by atoms with Gasteiger partial charge in [0.15, 0.2) is 17.5 Å². The molecule has 0 saturated heterocycles. The standard InChI is InChI=1S/C47H30N4/c48-31-32-21-23-33(24-22-32)36-25-27-40-41-28-26-37(46-50-44(34-13-5-1-6-14-34)49-45(51-46)35-15-7-2-8-16-35)30-43(41)47(42(40)29-36,38-17-9-3-10-18-38)39-19-11-4-12-20-39/h1-30H. The minimum Gasteiger partial charge on any atom is -0.208 e. The van der Waals surface area contributed by atoms with Crippen LogP contribution in [0.15, 0.2) is 182 Å². The summed E-state index contributed by atoms with van der Waals surface area (Å²) in [7, 11) is 0. The van der Waals surface area contributed by atoms with E-state index >= 15 is 0 Å². The van der Waals surface area contributed by atoms with Gasteiger partial charge in [-0.1, -0.05) is 158 Å². The highest BCUT2D eigenvalue weighted by atomic mass is 15.0. The van der Waals surface area contributed by atoms with Gasteiger partial charge in [0.25, 0.3) is 0 Å². The van der Waals surface area contributed by atoms with Crippen molar-refractivity contribution < 1.29 is 0 Å². The molecule has 8 aromatic rings. The van der Waals surface area contributed by atoms with E-state index in [1.54, 1.807) is 0 Å². The average Bonchev–Trinajstić information content (AvgIpc) is 3.51. The first-order chi connectivity index (χ1) is 25.2. The molecule has 0 fully saturated rings. The maximum absolute atomic E-state index is 9.44. The number of nitriles is 1. The van der Waals surface area contributed by atoms with Crippen molar-refractivity contribution in [2.75, 3.05) is 0 Å². The van der Waals surface area contributed by atoms with Crippen LogP contribution in [0.2, 0.25) is 0 Å². The summed E-state index contributed by atoms with van der Waals surface area (Å²) >= 11 is 0. The lowest BCUT2D eigenvalue weighted by molar-refractivity contribution is 0.769. The zero-order valence-electron chi connectivity index (χ0n) is 27.6. The van der Waals surface area contributed by atoms with Gasteiger partial charge in [0, 0.05) is 16.7 Å². The minimum atomic E-state index is -0.622. The molecule has 0 radical (unpaired) electrons. The molecule has 0 aliphatic heterocycles. The van der Waals surface area contributed by atoms with E-state index in [4.69, 9.17) is 15.0 Å². The zero-order chi connectivity index (χ0) is 34.2. The van der Waals surface area contributed by atoms with Crippen LogP contribution in [-0.2, 0) is 5.41 Å². The third-order valence-corrected chi connectivity index (χ3v) is 9.86. The van der Waals surface area contributed by atoms with E-state index in [9.17, 15) is 5.26 Å². The molecule has 1 aromatic heterocycles. The van der Waals surface area contributed by atoms with Gasteiger partial charge in [-0.3, -0.25) is 0 Å². The highest BCUT2D eigenvalue weighted by molar-refractivity contribution is 5.90. The number of hydrogen-bond donors (Lipinski definition) is 0. The Morgan fingerprint density at radius 3 is 1.24 bits per heavy atom. The molecular formula is C47H30N4. The molecule has 0 bridgehead atoms. The molecule has 7 aromatic carbocycles. The lowest BCUT2D eigenvalue weighted by Crippen LogP contribution is -2.28. The van der Waals surface area contributed by atoms with Gasteiger partial charge in [-0.25, -0.2) is 15.0 Å². The van der Waals surface area contributed by atoms with Crippen LogP contribution in [0, 0.1) is 11.3 Å². The molecular weight excluding hydrogens is 621 g/mol. The van der Waals surface area contributed by atoms with Gasteiger partial charge < -0.3 is 0 Å². The molecule has 0 spiro atoms. The highest BCUT2D eigenvalue weighted by Crippen LogP contribution is 2.57. The van der Waals surface area contributed by atoms with Crippen molar-refractivity contribution in [3.63, 3.8) is 0 Å². The van der Waals surface area contributed by atoms with Crippen LogP contribution < -0.4 is 0 Å². The molecule has 0 N–H and O–H groups in total. The van der Waals surface area contributed by atoms with Crippen LogP contribution in [0.25, 0.3) is 56.4 Å². The largest absolute Gasteiger partial charge is 0.208 e. The highest BCUT2D eigenvalue weighted by Gasteiger charge is 2.46. The Hall–Kier alpha value is -6.96. The van der Waals surface area contributed by atoms with E-state index in [1.165, 1.54) is 33.4 Å². The van der Waals surface area contributed by atoms with Crippen molar-refractivity contribution >= 4 is 0 Å². The lowest BCUT2D eigenvalue weighted by Gasteiger charge is -2.34. The van der Waals surface area contributed by atoms with Gasteiger partial charge >= 0.3 is 0 Å². The number of rotatable bonds is 6. The maximum atomic E-state index is 9.44. The van der Waals surface area contributed by atoms with Crippen molar-refractivity contribution in [2.45, 2.75) is 5.41 Å². The molecule has 0 amide bonds. The molecule has 9 rings (SSSR count). The van der Waals surface area contributed by atoms with Gasteiger partial charge in [0.2, 0.25) is 0 Å².